The first-order chi connectivity index (χ1) is 9.72. The number of nitrogens with zero attached hydrogens (tertiary/aromatic N) is 1. The van der Waals surface area contributed by atoms with Gasteiger partial charge in [-0.2, -0.15) is 0 Å². The minimum absolute atomic E-state index is 0.0606. The van der Waals surface area contributed by atoms with Crippen molar-refractivity contribution in [1.82, 2.24) is 9.29 Å². The summed E-state index contributed by atoms with van der Waals surface area (Å²) >= 11 is 0. The molecule has 0 bridgehead atoms. The predicted molar refractivity (Wildman–Crippen MR) is 74.6 cm³/mol. The molecule has 0 aliphatic carbocycles. The van der Waals surface area contributed by atoms with Crippen LogP contribution in [0.15, 0.2) is 27.8 Å². The first-order valence-corrected chi connectivity index (χ1v) is 7.64. The number of hydrogen-bond donors (Lipinski definition) is 2. The smallest absolute Gasteiger partial charge is 0.340 e. The molecule has 21 heavy (non-hydrogen) atoms. The lowest BCUT2D eigenvalue weighted by Crippen LogP contribution is -2.25. The van der Waals surface area contributed by atoms with Crippen molar-refractivity contribution in [1.29, 1.82) is 0 Å². The third-order valence-corrected chi connectivity index (χ3v) is 4.60. The first kappa shape index (κ1) is 15.3. The average Bonchev–Trinajstić information content (AvgIpc) is 2.90. The Hall–Kier alpha value is -2.06. The van der Waals surface area contributed by atoms with Gasteiger partial charge in [0.05, 0.1) is 0 Å². The number of aryl methyl sites for hydroxylation is 3. The molecule has 0 radical (unpaired) electrons. The Morgan fingerprint density at radius 3 is 2.57 bits per heavy atom. The van der Waals surface area contributed by atoms with Gasteiger partial charge in [0.15, 0.2) is 0 Å². The number of furan rings is 1. The van der Waals surface area contributed by atoms with Gasteiger partial charge in [-0.05, 0) is 25.5 Å². The molecule has 0 aromatic carbocycles. The Morgan fingerprint density at radius 2 is 2.05 bits per heavy atom. The van der Waals surface area contributed by atoms with E-state index in [2.05, 4.69) is 4.72 Å². The summed E-state index contributed by atoms with van der Waals surface area (Å²) in [6.45, 7) is 2.93. The van der Waals surface area contributed by atoms with Gasteiger partial charge in [-0.25, -0.2) is 17.9 Å². The van der Waals surface area contributed by atoms with E-state index in [1.54, 1.807) is 23.0 Å². The van der Waals surface area contributed by atoms with E-state index >= 15 is 0 Å². The van der Waals surface area contributed by atoms with Gasteiger partial charge in [0.25, 0.3) is 0 Å². The number of hydrogen-bond acceptors (Lipinski definition) is 4. The normalized spacial score (nSPS) is 11.8. The zero-order valence-electron chi connectivity index (χ0n) is 11.9. The molecule has 114 valence electrons. The maximum Gasteiger partial charge on any atom is 0.340 e. The first-order valence-electron chi connectivity index (χ1n) is 6.16. The second kappa shape index (κ2) is 5.38. The highest BCUT2D eigenvalue weighted by Crippen LogP contribution is 2.26. The van der Waals surface area contributed by atoms with Crippen LogP contribution in [0.5, 0.6) is 0 Å². The molecule has 0 spiro atoms. The van der Waals surface area contributed by atoms with Crippen molar-refractivity contribution in [3.05, 3.63) is 41.1 Å². The van der Waals surface area contributed by atoms with Gasteiger partial charge in [0.1, 0.15) is 22.0 Å². The summed E-state index contributed by atoms with van der Waals surface area (Å²) in [5.74, 6) is -1.20. The highest BCUT2D eigenvalue weighted by atomic mass is 32.2. The number of carboxylic acids is 1. The third-order valence-electron chi connectivity index (χ3n) is 3.05. The Bertz CT molecular complexity index is 786. The van der Waals surface area contributed by atoms with E-state index in [9.17, 15) is 13.2 Å². The van der Waals surface area contributed by atoms with E-state index in [0.29, 0.717) is 0 Å². The average molecular weight is 312 g/mol. The number of aromatic carboxylic acids is 1. The van der Waals surface area contributed by atoms with E-state index in [1.165, 1.54) is 13.8 Å². The molecule has 0 fully saturated rings. The molecule has 0 amide bonds. The van der Waals surface area contributed by atoms with Crippen LogP contribution in [0.3, 0.4) is 0 Å². The Morgan fingerprint density at radius 1 is 1.38 bits per heavy atom. The van der Waals surface area contributed by atoms with Crippen LogP contribution in [-0.4, -0.2) is 24.1 Å². The van der Waals surface area contributed by atoms with Gasteiger partial charge in [-0.1, -0.05) is 0 Å². The summed E-state index contributed by atoms with van der Waals surface area (Å²) in [5, 5.41) is 9.16. The molecule has 2 aromatic rings. The fraction of sp³-hybridized carbons (Fsp3) is 0.308. The number of rotatable bonds is 5. The lowest BCUT2D eigenvalue weighted by atomic mass is 10.2. The minimum Gasteiger partial charge on any atom is -0.478 e. The fourth-order valence-electron chi connectivity index (χ4n) is 2.15. The Kier molecular flexibility index (Phi) is 3.93. The summed E-state index contributed by atoms with van der Waals surface area (Å²) in [5.41, 5.74) is 0.448. The van der Waals surface area contributed by atoms with Crippen molar-refractivity contribution >= 4 is 16.0 Å². The Balaban J connectivity index is 2.34. The van der Waals surface area contributed by atoms with Crippen LogP contribution >= 0.6 is 0 Å². The molecule has 2 heterocycles. The van der Waals surface area contributed by atoms with Crippen molar-refractivity contribution in [2.45, 2.75) is 25.3 Å². The summed E-state index contributed by atoms with van der Waals surface area (Å²) in [4.78, 5) is 10.9. The molecular weight excluding hydrogens is 296 g/mol. The molecule has 0 aliphatic heterocycles. The quantitative estimate of drug-likeness (QED) is 0.869. The van der Waals surface area contributed by atoms with Crippen LogP contribution in [0.25, 0.3) is 0 Å². The van der Waals surface area contributed by atoms with Crippen molar-refractivity contribution in [2.75, 3.05) is 0 Å². The van der Waals surface area contributed by atoms with E-state index in [4.69, 9.17) is 9.52 Å². The van der Waals surface area contributed by atoms with E-state index < -0.39 is 16.0 Å². The molecule has 0 saturated heterocycles. The topological polar surface area (TPSA) is 102 Å². The van der Waals surface area contributed by atoms with Crippen LogP contribution in [0, 0.1) is 13.8 Å². The van der Waals surface area contributed by atoms with Gasteiger partial charge >= 0.3 is 5.97 Å². The lowest BCUT2D eigenvalue weighted by molar-refractivity contribution is 0.0691. The highest BCUT2D eigenvalue weighted by Gasteiger charge is 2.30. The molecule has 8 heteroatoms. The zero-order chi connectivity index (χ0) is 15.8. The van der Waals surface area contributed by atoms with Crippen LogP contribution in [0.2, 0.25) is 0 Å². The van der Waals surface area contributed by atoms with Crippen LogP contribution in [0.4, 0.5) is 0 Å². The standard InChI is InChI=1S/C13H16N2O5S/c1-8-11(13(16)17)12(9(2)20-8)21(18,19)14-6-10-4-5-15(3)7-10/h4-5,7,14H,6H2,1-3H3,(H,16,17). The second-order valence-corrected chi connectivity index (χ2v) is 6.44. The van der Waals surface area contributed by atoms with Gasteiger partial charge in [0, 0.05) is 26.0 Å². The van der Waals surface area contributed by atoms with E-state index in [1.807, 2.05) is 7.05 Å². The summed E-state index contributed by atoms with van der Waals surface area (Å²) in [6, 6.07) is 1.77. The van der Waals surface area contributed by atoms with Gasteiger partial charge in [0.2, 0.25) is 10.0 Å². The predicted octanol–water partition coefficient (Wildman–Crippen LogP) is 1.41. The lowest BCUT2D eigenvalue weighted by Gasteiger charge is -2.06. The molecule has 0 atom stereocenters. The molecular formula is C13H16N2O5S. The number of sulfonamides is 1. The summed E-state index contributed by atoms with van der Waals surface area (Å²) in [6.07, 6.45) is 3.56. The number of aromatic nitrogens is 1. The minimum atomic E-state index is -3.97. The highest BCUT2D eigenvalue weighted by molar-refractivity contribution is 7.89. The van der Waals surface area contributed by atoms with Crippen molar-refractivity contribution < 1.29 is 22.7 Å². The van der Waals surface area contributed by atoms with Crippen LogP contribution in [-0.2, 0) is 23.6 Å². The van der Waals surface area contributed by atoms with Gasteiger partial charge in [-0.15, -0.1) is 0 Å². The number of nitrogens with one attached hydrogen (secondary N) is 1. The van der Waals surface area contributed by atoms with E-state index in [-0.39, 0.29) is 28.5 Å². The number of carbonyl (C=O) groups is 1. The molecule has 0 unspecified atom stereocenters. The van der Waals surface area contributed by atoms with Crippen molar-refractivity contribution in [2.24, 2.45) is 7.05 Å². The van der Waals surface area contributed by atoms with Crippen molar-refractivity contribution in [3.8, 4) is 0 Å². The molecule has 2 rings (SSSR count). The van der Waals surface area contributed by atoms with Gasteiger partial charge < -0.3 is 14.1 Å². The second-order valence-electron chi connectivity index (χ2n) is 4.73. The maximum absolute atomic E-state index is 12.3. The zero-order valence-corrected chi connectivity index (χ0v) is 12.7. The Labute approximate surface area is 122 Å². The van der Waals surface area contributed by atoms with Crippen molar-refractivity contribution in [3.63, 3.8) is 0 Å². The largest absolute Gasteiger partial charge is 0.478 e. The molecule has 0 saturated carbocycles. The molecule has 2 N–H and O–H groups in total. The molecule has 2 aromatic heterocycles. The monoisotopic (exact) mass is 312 g/mol. The molecule has 7 nitrogen and oxygen atoms in total. The summed E-state index contributed by atoms with van der Waals surface area (Å²) < 4.78 is 34.0. The van der Waals surface area contributed by atoms with E-state index in [0.717, 1.165) is 5.56 Å². The maximum atomic E-state index is 12.3. The third kappa shape index (κ3) is 3.01. The SMILES string of the molecule is Cc1oc(C)c(S(=O)(=O)NCc2ccn(C)c2)c1C(=O)O. The fourth-order valence-corrected chi connectivity index (χ4v) is 3.57. The number of carboxylic acid groups (broad SMARTS) is 1. The molecule has 0 aliphatic rings. The van der Waals surface area contributed by atoms with Crippen LogP contribution < -0.4 is 4.72 Å². The summed E-state index contributed by atoms with van der Waals surface area (Å²) in [7, 11) is -2.15. The van der Waals surface area contributed by atoms with Gasteiger partial charge in [-0.3, -0.25) is 0 Å². The van der Waals surface area contributed by atoms with Crippen LogP contribution in [0.1, 0.15) is 27.4 Å².